The van der Waals surface area contributed by atoms with E-state index in [-0.39, 0.29) is 11.7 Å². The molecule has 0 saturated heterocycles. The summed E-state index contributed by atoms with van der Waals surface area (Å²) in [6.07, 6.45) is 0. The van der Waals surface area contributed by atoms with E-state index in [4.69, 9.17) is 0 Å². The quantitative estimate of drug-likeness (QED) is 0.744. The van der Waals surface area contributed by atoms with Gasteiger partial charge in [0, 0.05) is 5.92 Å². The van der Waals surface area contributed by atoms with E-state index in [1.54, 1.807) is 0 Å². The van der Waals surface area contributed by atoms with Gasteiger partial charge in [-0.3, -0.25) is 4.55 Å². The molecule has 0 spiro atoms. The zero-order valence-electron chi connectivity index (χ0n) is 11.9. The topological polar surface area (TPSA) is 54.4 Å². The lowest BCUT2D eigenvalue weighted by atomic mass is 9.91. The molecule has 0 radical (unpaired) electrons. The van der Waals surface area contributed by atoms with E-state index in [1.165, 1.54) is 0 Å². The molecule has 3 nitrogen and oxygen atoms in total. The molecule has 0 aliphatic carbocycles. The maximum Gasteiger partial charge on any atom is 0.265 e. The lowest BCUT2D eigenvalue weighted by Gasteiger charge is -2.17. The van der Waals surface area contributed by atoms with Gasteiger partial charge < -0.3 is 0 Å². The van der Waals surface area contributed by atoms with Crippen LogP contribution < -0.4 is 0 Å². The maximum atomic E-state index is 11.4. The van der Waals surface area contributed by atoms with Crippen LogP contribution in [-0.2, 0) is 10.1 Å². The van der Waals surface area contributed by atoms with Gasteiger partial charge in [0.2, 0.25) is 0 Å². The van der Waals surface area contributed by atoms with Gasteiger partial charge >= 0.3 is 0 Å². The molecule has 0 aliphatic rings. The van der Waals surface area contributed by atoms with Gasteiger partial charge in [0.1, 0.15) is 0 Å². The molecule has 3 aromatic carbocycles. The van der Waals surface area contributed by atoms with Crippen molar-refractivity contribution < 1.29 is 13.0 Å². The zero-order valence-corrected chi connectivity index (χ0v) is 12.7. The molecule has 22 heavy (non-hydrogen) atoms. The van der Waals surface area contributed by atoms with Crippen LogP contribution in [0.2, 0.25) is 0 Å². The molecule has 3 rings (SSSR count). The molecular formula is C18H16O3S. The largest absolute Gasteiger partial charge is 0.286 e. The van der Waals surface area contributed by atoms with Crippen molar-refractivity contribution in [3.63, 3.8) is 0 Å². The number of hydrogen-bond donors (Lipinski definition) is 1. The van der Waals surface area contributed by atoms with Crippen molar-refractivity contribution in [3.05, 3.63) is 83.9 Å². The third-order valence-corrected chi connectivity index (χ3v) is 4.51. The SMILES string of the molecule is O=S(=O)(O)CC(c1ccccc1)c1ccc2ccccc2c1. The van der Waals surface area contributed by atoms with Crippen LogP contribution in [0.15, 0.2) is 72.8 Å². The summed E-state index contributed by atoms with van der Waals surface area (Å²) >= 11 is 0. The Bertz CT molecular complexity index is 886. The molecule has 0 heterocycles. The predicted molar refractivity (Wildman–Crippen MR) is 88.6 cm³/mol. The first-order valence-electron chi connectivity index (χ1n) is 7.02. The number of benzene rings is 3. The van der Waals surface area contributed by atoms with Gasteiger partial charge in [-0.1, -0.05) is 72.8 Å². The van der Waals surface area contributed by atoms with Gasteiger partial charge in [-0.25, -0.2) is 0 Å². The van der Waals surface area contributed by atoms with E-state index in [0.29, 0.717) is 0 Å². The molecule has 3 aromatic rings. The summed E-state index contributed by atoms with van der Waals surface area (Å²) in [5, 5.41) is 2.15. The monoisotopic (exact) mass is 312 g/mol. The van der Waals surface area contributed by atoms with Gasteiger partial charge in [0.25, 0.3) is 10.1 Å². The van der Waals surface area contributed by atoms with Crippen molar-refractivity contribution in [3.8, 4) is 0 Å². The Labute approximate surface area is 130 Å². The lowest BCUT2D eigenvalue weighted by molar-refractivity contribution is 0.480. The Kier molecular flexibility index (Phi) is 3.96. The van der Waals surface area contributed by atoms with Crippen LogP contribution in [0.4, 0.5) is 0 Å². The molecule has 0 fully saturated rings. The van der Waals surface area contributed by atoms with Gasteiger partial charge in [0.05, 0.1) is 5.75 Å². The first-order valence-corrected chi connectivity index (χ1v) is 8.63. The summed E-state index contributed by atoms with van der Waals surface area (Å²) in [7, 11) is -4.07. The second-order valence-corrected chi connectivity index (χ2v) is 6.82. The molecular weight excluding hydrogens is 296 g/mol. The minimum absolute atomic E-state index is 0.324. The van der Waals surface area contributed by atoms with Crippen molar-refractivity contribution >= 4 is 20.9 Å². The van der Waals surface area contributed by atoms with Crippen LogP contribution in [-0.4, -0.2) is 18.7 Å². The smallest absolute Gasteiger partial charge is 0.265 e. The molecule has 0 aliphatic heterocycles. The van der Waals surface area contributed by atoms with Crippen LogP contribution in [0, 0.1) is 0 Å². The van der Waals surface area contributed by atoms with E-state index in [9.17, 15) is 13.0 Å². The highest BCUT2D eigenvalue weighted by Crippen LogP contribution is 2.28. The standard InChI is InChI=1S/C18H16O3S/c19-22(20,21)13-18(15-7-2-1-3-8-15)17-11-10-14-6-4-5-9-16(14)12-17/h1-12,18H,13H2,(H,19,20,21). The fraction of sp³-hybridized carbons (Fsp3) is 0.111. The Balaban J connectivity index is 2.11. The van der Waals surface area contributed by atoms with Crippen molar-refractivity contribution in [2.24, 2.45) is 0 Å². The van der Waals surface area contributed by atoms with Crippen LogP contribution in [0.5, 0.6) is 0 Å². The van der Waals surface area contributed by atoms with E-state index in [0.717, 1.165) is 21.9 Å². The molecule has 0 aromatic heterocycles. The minimum atomic E-state index is -4.07. The molecule has 0 saturated carbocycles. The number of rotatable bonds is 4. The number of fused-ring (bicyclic) bond motifs is 1. The molecule has 1 atom stereocenters. The summed E-state index contributed by atoms with van der Waals surface area (Å²) in [4.78, 5) is 0. The lowest BCUT2D eigenvalue weighted by Crippen LogP contribution is -2.15. The second kappa shape index (κ2) is 5.91. The van der Waals surface area contributed by atoms with Crippen molar-refractivity contribution in [1.82, 2.24) is 0 Å². The van der Waals surface area contributed by atoms with Crippen molar-refractivity contribution in [2.75, 3.05) is 5.75 Å². The van der Waals surface area contributed by atoms with Crippen LogP contribution in [0.3, 0.4) is 0 Å². The minimum Gasteiger partial charge on any atom is -0.286 e. The maximum absolute atomic E-state index is 11.4. The average Bonchev–Trinajstić information content (AvgIpc) is 2.52. The van der Waals surface area contributed by atoms with E-state index in [1.807, 2.05) is 72.8 Å². The third-order valence-electron chi connectivity index (χ3n) is 3.76. The highest BCUT2D eigenvalue weighted by Gasteiger charge is 2.21. The zero-order chi connectivity index (χ0) is 15.6. The third kappa shape index (κ3) is 3.35. The summed E-state index contributed by atoms with van der Waals surface area (Å²) in [5.41, 5.74) is 1.75. The Morgan fingerprint density at radius 3 is 2.09 bits per heavy atom. The van der Waals surface area contributed by atoms with E-state index >= 15 is 0 Å². The normalized spacial score (nSPS) is 13.1. The molecule has 0 bridgehead atoms. The van der Waals surface area contributed by atoms with Gasteiger partial charge in [0.15, 0.2) is 0 Å². The van der Waals surface area contributed by atoms with Crippen LogP contribution in [0.1, 0.15) is 17.0 Å². The Morgan fingerprint density at radius 1 is 0.773 bits per heavy atom. The highest BCUT2D eigenvalue weighted by atomic mass is 32.2. The fourth-order valence-electron chi connectivity index (χ4n) is 2.71. The summed E-state index contributed by atoms with van der Waals surface area (Å²) in [6, 6.07) is 23.2. The fourth-order valence-corrected chi connectivity index (χ4v) is 3.51. The molecule has 1 N–H and O–H groups in total. The molecule has 112 valence electrons. The van der Waals surface area contributed by atoms with Gasteiger partial charge in [-0.15, -0.1) is 0 Å². The molecule has 0 amide bonds. The molecule has 4 heteroatoms. The summed E-state index contributed by atoms with van der Waals surface area (Å²) < 4.78 is 32.1. The summed E-state index contributed by atoms with van der Waals surface area (Å²) in [6.45, 7) is 0. The highest BCUT2D eigenvalue weighted by molar-refractivity contribution is 7.85. The number of hydrogen-bond acceptors (Lipinski definition) is 2. The Hall–Kier alpha value is -2.17. The predicted octanol–water partition coefficient (Wildman–Crippen LogP) is 3.86. The van der Waals surface area contributed by atoms with E-state index < -0.39 is 10.1 Å². The van der Waals surface area contributed by atoms with Crippen LogP contribution >= 0.6 is 0 Å². The average molecular weight is 312 g/mol. The van der Waals surface area contributed by atoms with Gasteiger partial charge in [-0.05, 0) is 21.9 Å². The first-order chi connectivity index (χ1) is 10.5. The van der Waals surface area contributed by atoms with E-state index in [2.05, 4.69) is 0 Å². The summed E-state index contributed by atoms with van der Waals surface area (Å²) in [5.74, 6) is -0.712. The van der Waals surface area contributed by atoms with Crippen molar-refractivity contribution in [1.29, 1.82) is 0 Å². The van der Waals surface area contributed by atoms with Crippen LogP contribution in [0.25, 0.3) is 10.8 Å². The first kappa shape index (κ1) is 14.8. The van der Waals surface area contributed by atoms with Gasteiger partial charge in [-0.2, -0.15) is 8.42 Å². The second-order valence-electron chi connectivity index (χ2n) is 5.32. The van der Waals surface area contributed by atoms with Crippen molar-refractivity contribution in [2.45, 2.75) is 5.92 Å². The molecule has 1 unspecified atom stereocenters. The Morgan fingerprint density at radius 2 is 1.41 bits per heavy atom.